The summed E-state index contributed by atoms with van der Waals surface area (Å²) in [7, 11) is 1.16. The maximum absolute atomic E-state index is 12.6. The number of carbonyl (C=O) groups excluding carboxylic acids is 4. The molecule has 0 bridgehead atoms. The molecule has 12 heteroatoms. The van der Waals surface area contributed by atoms with Crippen molar-refractivity contribution in [2.24, 2.45) is 0 Å². The van der Waals surface area contributed by atoms with E-state index in [-0.39, 0.29) is 18.3 Å². The van der Waals surface area contributed by atoms with Gasteiger partial charge in [0.2, 0.25) is 11.6 Å². The van der Waals surface area contributed by atoms with Gasteiger partial charge < -0.3 is 23.7 Å². The Morgan fingerprint density at radius 3 is 2.21 bits per heavy atom. The van der Waals surface area contributed by atoms with Crippen molar-refractivity contribution in [2.45, 2.75) is 65.1 Å². The first-order chi connectivity index (χ1) is 18.1. The number of aromatic nitrogens is 3. The number of hydrogen-bond acceptors (Lipinski definition) is 11. The van der Waals surface area contributed by atoms with Crippen LogP contribution in [0.1, 0.15) is 67.9 Å². The SMILES string of the molecule is CCCc1ccc(C#Cc2nc(C(=O)OC)n([C@@H]3O[C@H](COC(C)=O)[C@@H](OC(C)=O)[C@H]3OC(C)=O)n2)cc1. The van der Waals surface area contributed by atoms with Crippen LogP contribution in [0, 0.1) is 11.8 Å². The van der Waals surface area contributed by atoms with Crippen molar-refractivity contribution in [3.05, 3.63) is 47.0 Å². The quantitative estimate of drug-likeness (QED) is 0.281. The summed E-state index contributed by atoms with van der Waals surface area (Å²) >= 11 is 0. The number of esters is 4. The third kappa shape index (κ3) is 7.17. The van der Waals surface area contributed by atoms with Gasteiger partial charge in [-0.3, -0.25) is 14.4 Å². The average Bonchev–Trinajstić information content (AvgIpc) is 3.43. The third-order valence-corrected chi connectivity index (χ3v) is 5.39. The molecule has 3 rings (SSSR count). The number of carbonyl (C=O) groups is 4. The minimum absolute atomic E-state index is 0.0271. The number of nitrogens with zero attached hydrogens (tertiary/aromatic N) is 3. The molecule has 12 nitrogen and oxygen atoms in total. The number of ether oxygens (including phenoxy) is 5. The molecule has 2 heterocycles. The standard InChI is InChI=1S/C26H29N3O9/c1-6-7-18-8-10-19(11-9-18)12-13-21-27-24(26(33)34-5)29(28-21)25-23(37-17(4)32)22(36-16(3)31)20(38-25)14-35-15(2)30/h8-11,20,22-23,25H,6-7,14H2,1-5H3/t20-,22-,23-,25-/m1/s1. The molecule has 1 aliphatic rings. The fraction of sp³-hybridized carbons (Fsp3) is 0.462. The normalized spacial score (nSPS) is 20.1. The van der Waals surface area contributed by atoms with Crippen molar-refractivity contribution in [1.82, 2.24) is 14.8 Å². The molecular weight excluding hydrogens is 498 g/mol. The lowest BCUT2D eigenvalue weighted by atomic mass is 10.1. The molecule has 0 amide bonds. The summed E-state index contributed by atoms with van der Waals surface area (Å²) in [4.78, 5) is 51.8. The maximum atomic E-state index is 12.6. The molecular formula is C26H29N3O9. The van der Waals surface area contributed by atoms with E-state index in [1.165, 1.54) is 19.4 Å². The van der Waals surface area contributed by atoms with Crippen LogP contribution in [0.3, 0.4) is 0 Å². The molecule has 1 aromatic carbocycles. The topological polar surface area (TPSA) is 145 Å². The molecule has 0 unspecified atom stereocenters. The monoisotopic (exact) mass is 527 g/mol. The van der Waals surface area contributed by atoms with Crippen LogP contribution in [-0.4, -0.2) is 70.7 Å². The summed E-state index contributed by atoms with van der Waals surface area (Å²) in [5.41, 5.74) is 1.90. The summed E-state index contributed by atoms with van der Waals surface area (Å²) in [6.45, 7) is 5.31. The van der Waals surface area contributed by atoms with Crippen molar-refractivity contribution >= 4 is 23.9 Å². The van der Waals surface area contributed by atoms with Crippen molar-refractivity contribution in [3.8, 4) is 11.8 Å². The Bertz CT molecular complexity index is 1240. The van der Waals surface area contributed by atoms with Crippen LogP contribution >= 0.6 is 0 Å². The van der Waals surface area contributed by atoms with Crippen LogP contribution in [-0.2, 0) is 44.5 Å². The fourth-order valence-corrected chi connectivity index (χ4v) is 3.85. The lowest BCUT2D eigenvalue weighted by molar-refractivity contribution is -0.166. The molecule has 1 saturated heterocycles. The predicted molar refractivity (Wildman–Crippen MR) is 129 cm³/mol. The molecule has 0 N–H and O–H groups in total. The molecule has 1 aromatic heterocycles. The van der Waals surface area contributed by atoms with Gasteiger partial charge in [-0.25, -0.2) is 9.48 Å². The maximum Gasteiger partial charge on any atom is 0.375 e. The summed E-state index contributed by atoms with van der Waals surface area (Å²) in [6, 6.07) is 7.70. The Morgan fingerprint density at radius 2 is 1.63 bits per heavy atom. The van der Waals surface area contributed by atoms with Crippen molar-refractivity contribution in [1.29, 1.82) is 0 Å². The Hall–Kier alpha value is -4.24. The van der Waals surface area contributed by atoms with Crippen LogP contribution in [0.25, 0.3) is 0 Å². The van der Waals surface area contributed by atoms with Crippen molar-refractivity contribution < 1.29 is 42.9 Å². The Morgan fingerprint density at radius 1 is 0.974 bits per heavy atom. The molecule has 1 aliphatic heterocycles. The minimum Gasteiger partial charge on any atom is -0.463 e. The van der Waals surface area contributed by atoms with Gasteiger partial charge in [-0.15, -0.1) is 5.10 Å². The Labute approximate surface area is 219 Å². The molecule has 0 spiro atoms. The number of aryl methyl sites for hydroxylation is 1. The minimum atomic E-state index is -1.28. The second-order valence-corrected chi connectivity index (χ2v) is 8.41. The molecule has 1 fully saturated rings. The van der Waals surface area contributed by atoms with Gasteiger partial charge in [0.25, 0.3) is 0 Å². The zero-order valence-electron chi connectivity index (χ0n) is 21.8. The summed E-state index contributed by atoms with van der Waals surface area (Å²) in [6.07, 6.45) is -2.77. The van der Waals surface area contributed by atoms with Crippen LogP contribution in [0.4, 0.5) is 0 Å². The zero-order valence-corrected chi connectivity index (χ0v) is 21.8. The first-order valence-corrected chi connectivity index (χ1v) is 11.9. The lowest BCUT2D eigenvalue weighted by Crippen LogP contribution is -2.41. The molecule has 0 aliphatic carbocycles. The smallest absolute Gasteiger partial charge is 0.375 e. The van der Waals surface area contributed by atoms with Crippen LogP contribution in [0.5, 0.6) is 0 Å². The van der Waals surface area contributed by atoms with E-state index in [4.69, 9.17) is 23.7 Å². The van der Waals surface area contributed by atoms with E-state index < -0.39 is 48.4 Å². The van der Waals surface area contributed by atoms with Crippen molar-refractivity contribution in [3.63, 3.8) is 0 Å². The third-order valence-electron chi connectivity index (χ3n) is 5.39. The highest BCUT2D eigenvalue weighted by atomic mass is 16.7. The Balaban J connectivity index is 2.00. The number of methoxy groups -OCH3 is 1. The van der Waals surface area contributed by atoms with E-state index >= 15 is 0 Å². The fourth-order valence-electron chi connectivity index (χ4n) is 3.85. The van der Waals surface area contributed by atoms with Crippen molar-refractivity contribution in [2.75, 3.05) is 13.7 Å². The van der Waals surface area contributed by atoms with Gasteiger partial charge in [-0.2, -0.15) is 4.98 Å². The highest BCUT2D eigenvalue weighted by molar-refractivity contribution is 5.85. The molecule has 0 saturated carbocycles. The van der Waals surface area contributed by atoms with E-state index in [2.05, 4.69) is 28.8 Å². The molecule has 2 aromatic rings. The van der Waals surface area contributed by atoms with Gasteiger partial charge in [0.15, 0.2) is 18.4 Å². The van der Waals surface area contributed by atoms with E-state index in [0.717, 1.165) is 31.6 Å². The molecule has 0 radical (unpaired) electrons. The Kier molecular flexibility index (Phi) is 9.56. The van der Waals surface area contributed by atoms with Gasteiger partial charge in [0.1, 0.15) is 12.7 Å². The number of benzene rings is 1. The van der Waals surface area contributed by atoms with E-state index in [0.29, 0.717) is 5.56 Å². The zero-order chi connectivity index (χ0) is 27.8. The second-order valence-electron chi connectivity index (χ2n) is 8.41. The van der Waals surface area contributed by atoms with Gasteiger partial charge >= 0.3 is 23.9 Å². The summed E-state index contributed by atoms with van der Waals surface area (Å²) in [5, 5.41) is 4.29. The average molecular weight is 528 g/mol. The van der Waals surface area contributed by atoms with E-state index in [1.807, 2.05) is 24.3 Å². The lowest BCUT2D eigenvalue weighted by Gasteiger charge is -2.23. The largest absolute Gasteiger partial charge is 0.463 e. The van der Waals surface area contributed by atoms with E-state index in [1.54, 1.807) is 0 Å². The molecule has 4 atom stereocenters. The van der Waals surface area contributed by atoms with E-state index in [9.17, 15) is 19.2 Å². The van der Waals surface area contributed by atoms with Gasteiger partial charge in [-0.05, 0) is 30.0 Å². The molecule has 202 valence electrons. The van der Waals surface area contributed by atoms with Gasteiger partial charge in [-0.1, -0.05) is 31.4 Å². The second kappa shape index (κ2) is 12.8. The van der Waals surface area contributed by atoms with Crippen LogP contribution in [0.15, 0.2) is 24.3 Å². The van der Waals surface area contributed by atoms with Gasteiger partial charge in [0, 0.05) is 26.3 Å². The highest BCUT2D eigenvalue weighted by Gasteiger charge is 2.52. The van der Waals surface area contributed by atoms with Crippen LogP contribution in [0.2, 0.25) is 0 Å². The molecule has 38 heavy (non-hydrogen) atoms. The summed E-state index contributed by atoms with van der Waals surface area (Å²) < 4.78 is 27.6. The first kappa shape index (κ1) is 28.3. The first-order valence-electron chi connectivity index (χ1n) is 11.9. The highest BCUT2D eigenvalue weighted by Crippen LogP contribution is 2.35. The summed E-state index contributed by atoms with van der Waals surface area (Å²) in [5.74, 6) is 2.59. The number of hydrogen-bond donors (Lipinski definition) is 0. The predicted octanol–water partition coefficient (Wildman–Crippen LogP) is 1.74. The number of rotatable bonds is 8. The van der Waals surface area contributed by atoms with Gasteiger partial charge in [0.05, 0.1) is 7.11 Å². The van der Waals surface area contributed by atoms with Crippen LogP contribution < -0.4 is 0 Å².